The summed E-state index contributed by atoms with van der Waals surface area (Å²) in [6, 6.07) is 3.94. The molecule has 19 heavy (non-hydrogen) atoms. The summed E-state index contributed by atoms with van der Waals surface area (Å²) in [5.74, 6) is 0.452. The standard InChI is InChI=1S/C16H23BrFN/c1-10-7-13(18)12(17)8-15(10)19-14-5-6-16(3,4)9-11(14)2/h7-8,11,14,19H,5-6,9H2,1-4H3. The van der Waals surface area contributed by atoms with Gasteiger partial charge in [-0.1, -0.05) is 20.8 Å². The third kappa shape index (κ3) is 3.50. The fourth-order valence-electron chi connectivity index (χ4n) is 3.16. The smallest absolute Gasteiger partial charge is 0.137 e. The number of halogens is 2. The van der Waals surface area contributed by atoms with Crippen LogP contribution in [0.25, 0.3) is 0 Å². The first-order valence-electron chi connectivity index (χ1n) is 7.01. The van der Waals surface area contributed by atoms with Gasteiger partial charge in [0.05, 0.1) is 4.47 Å². The molecule has 3 heteroatoms. The second-order valence-corrected chi connectivity index (χ2v) is 7.57. The maximum atomic E-state index is 13.4. The van der Waals surface area contributed by atoms with Crippen molar-refractivity contribution in [3.63, 3.8) is 0 Å². The Labute approximate surface area is 124 Å². The van der Waals surface area contributed by atoms with Gasteiger partial charge >= 0.3 is 0 Å². The molecule has 2 atom stereocenters. The van der Waals surface area contributed by atoms with Gasteiger partial charge in [0.25, 0.3) is 0 Å². The maximum absolute atomic E-state index is 13.4. The van der Waals surface area contributed by atoms with Gasteiger partial charge in [0.15, 0.2) is 0 Å². The molecule has 0 bridgehead atoms. The summed E-state index contributed by atoms with van der Waals surface area (Å²) < 4.78 is 14.0. The van der Waals surface area contributed by atoms with Gasteiger partial charge in [0.1, 0.15) is 5.82 Å². The van der Waals surface area contributed by atoms with E-state index in [0.29, 0.717) is 21.8 Å². The van der Waals surface area contributed by atoms with Crippen molar-refractivity contribution in [2.24, 2.45) is 11.3 Å². The summed E-state index contributed by atoms with van der Waals surface area (Å²) in [6.07, 6.45) is 3.67. The molecule has 1 saturated carbocycles. The van der Waals surface area contributed by atoms with Gasteiger partial charge in [-0.2, -0.15) is 0 Å². The van der Waals surface area contributed by atoms with Crippen LogP contribution >= 0.6 is 15.9 Å². The minimum Gasteiger partial charge on any atom is -0.382 e. The molecular weight excluding hydrogens is 305 g/mol. The van der Waals surface area contributed by atoms with Crippen LogP contribution in [0, 0.1) is 24.1 Å². The van der Waals surface area contributed by atoms with Crippen LogP contribution in [-0.2, 0) is 0 Å². The number of hydrogen-bond acceptors (Lipinski definition) is 1. The van der Waals surface area contributed by atoms with Crippen molar-refractivity contribution in [2.75, 3.05) is 5.32 Å². The van der Waals surface area contributed by atoms with E-state index in [1.165, 1.54) is 19.3 Å². The van der Waals surface area contributed by atoms with Gasteiger partial charge in [-0.15, -0.1) is 0 Å². The highest BCUT2D eigenvalue weighted by atomic mass is 79.9. The molecule has 0 saturated heterocycles. The Morgan fingerprint density at radius 3 is 2.68 bits per heavy atom. The average Bonchev–Trinajstić information content (AvgIpc) is 2.28. The molecule has 0 aliphatic heterocycles. The van der Waals surface area contributed by atoms with Crippen LogP contribution in [0.3, 0.4) is 0 Å². The van der Waals surface area contributed by atoms with Gasteiger partial charge in [0.2, 0.25) is 0 Å². The fraction of sp³-hybridized carbons (Fsp3) is 0.625. The van der Waals surface area contributed by atoms with E-state index in [9.17, 15) is 4.39 Å². The van der Waals surface area contributed by atoms with E-state index in [0.717, 1.165) is 11.3 Å². The van der Waals surface area contributed by atoms with Gasteiger partial charge in [-0.3, -0.25) is 0 Å². The average molecular weight is 328 g/mol. The monoisotopic (exact) mass is 327 g/mol. The van der Waals surface area contributed by atoms with Crippen molar-refractivity contribution in [3.8, 4) is 0 Å². The molecule has 1 fully saturated rings. The molecule has 1 aromatic rings. The number of aryl methyl sites for hydroxylation is 1. The minimum absolute atomic E-state index is 0.194. The van der Waals surface area contributed by atoms with Gasteiger partial charge in [-0.25, -0.2) is 4.39 Å². The molecule has 0 aromatic heterocycles. The number of hydrogen-bond donors (Lipinski definition) is 1. The molecule has 1 nitrogen and oxygen atoms in total. The molecule has 1 aliphatic carbocycles. The Bertz CT molecular complexity index is 470. The van der Waals surface area contributed by atoms with Crippen LogP contribution in [0.15, 0.2) is 16.6 Å². The molecule has 1 N–H and O–H groups in total. The van der Waals surface area contributed by atoms with Gasteiger partial charge < -0.3 is 5.32 Å². The first-order valence-corrected chi connectivity index (χ1v) is 7.80. The van der Waals surface area contributed by atoms with Crippen molar-refractivity contribution < 1.29 is 4.39 Å². The first-order chi connectivity index (χ1) is 8.78. The number of benzene rings is 1. The Hall–Kier alpha value is -0.570. The van der Waals surface area contributed by atoms with E-state index < -0.39 is 0 Å². The summed E-state index contributed by atoms with van der Waals surface area (Å²) in [6.45, 7) is 8.96. The van der Waals surface area contributed by atoms with E-state index in [1.807, 2.05) is 13.0 Å². The third-order valence-electron chi connectivity index (χ3n) is 4.30. The van der Waals surface area contributed by atoms with Crippen LogP contribution in [0.4, 0.5) is 10.1 Å². The summed E-state index contributed by atoms with van der Waals surface area (Å²) in [5, 5.41) is 3.61. The SMILES string of the molecule is Cc1cc(F)c(Br)cc1NC1CCC(C)(C)CC1C. The quantitative estimate of drug-likeness (QED) is 0.753. The van der Waals surface area contributed by atoms with Crippen molar-refractivity contribution in [3.05, 3.63) is 28.0 Å². The maximum Gasteiger partial charge on any atom is 0.137 e. The second kappa shape index (κ2) is 5.43. The molecule has 1 aromatic carbocycles. The zero-order valence-electron chi connectivity index (χ0n) is 12.2. The summed E-state index contributed by atoms with van der Waals surface area (Å²) in [4.78, 5) is 0. The van der Waals surface area contributed by atoms with E-state index in [2.05, 4.69) is 42.0 Å². The van der Waals surface area contributed by atoms with E-state index in [4.69, 9.17) is 0 Å². The second-order valence-electron chi connectivity index (χ2n) is 6.72. The first kappa shape index (κ1) is 14.8. The van der Waals surface area contributed by atoms with Crippen molar-refractivity contribution in [1.29, 1.82) is 0 Å². The van der Waals surface area contributed by atoms with Crippen LogP contribution in [0.2, 0.25) is 0 Å². The molecule has 0 heterocycles. The Balaban J connectivity index is 2.12. The summed E-state index contributed by atoms with van der Waals surface area (Å²) in [5.41, 5.74) is 2.47. The number of anilines is 1. The van der Waals surface area contributed by atoms with Crippen LogP contribution < -0.4 is 5.32 Å². The van der Waals surface area contributed by atoms with Crippen molar-refractivity contribution in [2.45, 2.75) is 53.0 Å². The highest BCUT2D eigenvalue weighted by molar-refractivity contribution is 9.10. The number of rotatable bonds is 2. The predicted molar refractivity (Wildman–Crippen MR) is 83.0 cm³/mol. The normalized spacial score (nSPS) is 26.2. The molecule has 2 unspecified atom stereocenters. The number of nitrogens with one attached hydrogen (secondary N) is 1. The molecule has 1 aliphatic rings. The lowest BCUT2D eigenvalue weighted by Gasteiger charge is -2.40. The molecule has 106 valence electrons. The predicted octanol–water partition coefficient (Wildman–Crippen LogP) is 5.52. The molecule has 2 rings (SSSR count). The van der Waals surface area contributed by atoms with E-state index >= 15 is 0 Å². The molecule has 0 radical (unpaired) electrons. The van der Waals surface area contributed by atoms with Crippen LogP contribution in [-0.4, -0.2) is 6.04 Å². The minimum atomic E-state index is -0.194. The van der Waals surface area contributed by atoms with Crippen LogP contribution in [0.5, 0.6) is 0 Å². The van der Waals surface area contributed by atoms with E-state index in [-0.39, 0.29) is 5.82 Å². The Morgan fingerprint density at radius 1 is 1.37 bits per heavy atom. The Kier molecular flexibility index (Phi) is 4.24. The summed E-state index contributed by atoms with van der Waals surface area (Å²) >= 11 is 3.26. The topological polar surface area (TPSA) is 12.0 Å². The fourth-order valence-corrected chi connectivity index (χ4v) is 3.51. The largest absolute Gasteiger partial charge is 0.382 e. The van der Waals surface area contributed by atoms with Crippen LogP contribution in [0.1, 0.15) is 45.6 Å². The zero-order valence-corrected chi connectivity index (χ0v) is 13.8. The Morgan fingerprint density at radius 2 is 2.05 bits per heavy atom. The lowest BCUT2D eigenvalue weighted by Crippen LogP contribution is -2.37. The highest BCUT2D eigenvalue weighted by Gasteiger charge is 2.32. The van der Waals surface area contributed by atoms with Crippen molar-refractivity contribution >= 4 is 21.6 Å². The van der Waals surface area contributed by atoms with Crippen molar-refractivity contribution in [1.82, 2.24) is 0 Å². The van der Waals surface area contributed by atoms with E-state index in [1.54, 1.807) is 6.07 Å². The lowest BCUT2D eigenvalue weighted by molar-refractivity contribution is 0.177. The molecular formula is C16H23BrFN. The van der Waals surface area contributed by atoms with Gasteiger partial charge in [-0.05, 0) is 71.1 Å². The molecule has 0 spiro atoms. The van der Waals surface area contributed by atoms with Gasteiger partial charge in [0, 0.05) is 11.7 Å². The summed E-state index contributed by atoms with van der Waals surface area (Å²) in [7, 11) is 0. The third-order valence-corrected chi connectivity index (χ3v) is 4.91. The zero-order chi connectivity index (χ0) is 14.2. The lowest BCUT2D eigenvalue weighted by atomic mass is 9.70. The highest BCUT2D eigenvalue weighted by Crippen LogP contribution is 2.40. The molecule has 0 amide bonds.